The third-order valence-electron chi connectivity index (χ3n) is 5.34. The van der Waals surface area contributed by atoms with Crippen LogP contribution in [0.15, 0.2) is 61.1 Å². The average molecular weight is 402 g/mol. The summed E-state index contributed by atoms with van der Waals surface area (Å²) in [6.07, 6.45) is 5.19. The highest BCUT2D eigenvalue weighted by molar-refractivity contribution is 5.99. The molecule has 152 valence electrons. The Labute approximate surface area is 174 Å². The fraction of sp³-hybridized carbons (Fsp3) is 0.208. The van der Waals surface area contributed by atoms with Crippen molar-refractivity contribution in [2.45, 2.75) is 20.8 Å². The standard InChI is InChI=1S/C24H23FN4O/c1-4-28(5-2)23(30)17-10-11-19-16(3)15-29(22(19)12-17)24-26-13-18(14-27-24)20-8-6-7-9-21(20)25/h6-15H,4-5H2,1-3H3. The van der Waals surface area contributed by atoms with Crippen molar-refractivity contribution in [2.24, 2.45) is 0 Å². The van der Waals surface area contributed by atoms with Gasteiger partial charge in [-0.3, -0.25) is 9.36 Å². The van der Waals surface area contributed by atoms with Crippen LogP contribution in [0.2, 0.25) is 0 Å². The minimum Gasteiger partial charge on any atom is -0.339 e. The van der Waals surface area contributed by atoms with Crippen molar-refractivity contribution < 1.29 is 9.18 Å². The molecule has 0 saturated carbocycles. The van der Waals surface area contributed by atoms with Crippen molar-refractivity contribution in [1.82, 2.24) is 19.4 Å². The van der Waals surface area contributed by atoms with Gasteiger partial charge >= 0.3 is 0 Å². The van der Waals surface area contributed by atoms with Gasteiger partial charge in [0.05, 0.1) is 5.52 Å². The molecule has 2 aromatic heterocycles. The lowest BCUT2D eigenvalue weighted by Crippen LogP contribution is -2.30. The number of nitrogens with zero attached hydrogens (tertiary/aromatic N) is 4. The maximum Gasteiger partial charge on any atom is 0.253 e. The van der Waals surface area contributed by atoms with E-state index in [4.69, 9.17) is 0 Å². The lowest BCUT2D eigenvalue weighted by Gasteiger charge is -2.18. The van der Waals surface area contributed by atoms with Crippen LogP contribution < -0.4 is 0 Å². The van der Waals surface area contributed by atoms with E-state index >= 15 is 0 Å². The zero-order chi connectivity index (χ0) is 21.3. The smallest absolute Gasteiger partial charge is 0.253 e. The van der Waals surface area contributed by atoms with E-state index in [0.717, 1.165) is 16.5 Å². The zero-order valence-electron chi connectivity index (χ0n) is 17.3. The summed E-state index contributed by atoms with van der Waals surface area (Å²) in [6, 6.07) is 12.3. The molecule has 0 atom stereocenters. The highest BCUT2D eigenvalue weighted by atomic mass is 19.1. The Bertz CT molecular complexity index is 1210. The first-order valence-corrected chi connectivity index (χ1v) is 10.0. The molecule has 0 aliphatic rings. The Morgan fingerprint density at radius 2 is 1.77 bits per heavy atom. The average Bonchev–Trinajstić information content (AvgIpc) is 3.11. The summed E-state index contributed by atoms with van der Waals surface area (Å²) < 4.78 is 15.9. The summed E-state index contributed by atoms with van der Waals surface area (Å²) in [4.78, 5) is 23.5. The van der Waals surface area contributed by atoms with Crippen LogP contribution in [-0.2, 0) is 0 Å². The molecule has 30 heavy (non-hydrogen) atoms. The molecule has 0 aliphatic heterocycles. The quantitative estimate of drug-likeness (QED) is 0.471. The van der Waals surface area contributed by atoms with Crippen molar-refractivity contribution >= 4 is 16.8 Å². The number of carbonyl (C=O) groups is 1. The van der Waals surface area contributed by atoms with E-state index in [2.05, 4.69) is 9.97 Å². The first kappa shape index (κ1) is 19.8. The molecule has 0 N–H and O–H groups in total. The van der Waals surface area contributed by atoms with Gasteiger partial charge in [-0.05, 0) is 44.5 Å². The molecular formula is C24H23FN4O. The summed E-state index contributed by atoms with van der Waals surface area (Å²) in [7, 11) is 0. The second-order valence-electron chi connectivity index (χ2n) is 7.14. The monoisotopic (exact) mass is 402 g/mol. The van der Waals surface area contributed by atoms with Gasteiger partial charge in [0.2, 0.25) is 5.95 Å². The number of amides is 1. The third-order valence-corrected chi connectivity index (χ3v) is 5.34. The van der Waals surface area contributed by atoms with E-state index in [1.54, 1.807) is 35.5 Å². The van der Waals surface area contributed by atoms with Gasteiger partial charge in [0.1, 0.15) is 5.82 Å². The number of fused-ring (bicyclic) bond motifs is 1. The minimum atomic E-state index is -0.310. The number of halogens is 1. The zero-order valence-corrected chi connectivity index (χ0v) is 17.3. The van der Waals surface area contributed by atoms with Crippen LogP contribution in [0.1, 0.15) is 29.8 Å². The first-order valence-electron chi connectivity index (χ1n) is 10.0. The van der Waals surface area contributed by atoms with Gasteiger partial charge in [0.15, 0.2) is 0 Å². The number of aryl methyl sites for hydroxylation is 1. The lowest BCUT2D eigenvalue weighted by molar-refractivity contribution is 0.0773. The molecule has 0 aliphatic carbocycles. The largest absolute Gasteiger partial charge is 0.339 e. The van der Waals surface area contributed by atoms with Crippen LogP contribution in [0.5, 0.6) is 0 Å². The normalized spacial score (nSPS) is 11.1. The summed E-state index contributed by atoms with van der Waals surface area (Å²) >= 11 is 0. The first-order chi connectivity index (χ1) is 14.5. The van der Waals surface area contributed by atoms with Gasteiger partial charge in [0, 0.05) is 53.8 Å². The molecule has 0 bridgehead atoms. The molecule has 0 spiro atoms. The second kappa shape index (κ2) is 8.06. The highest BCUT2D eigenvalue weighted by Gasteiger charge is 2.16. The fourth-order valence-corrected chi connectivity index (χ4v) is 3.67. The van der Waals surface area contributed by atoms with Crippen molar-refractivity contribution in [3.05, 3.63) is 78.0 Å². The maximum absolute atomic E-state index is 14.1. The molecule has 0 radical (unpaired) electrons. The van der Waals surface area contributed by atoms with E-state index in [1.165, 1.54) is 6.07 Å². The third kappa shape index (κ3) is 3.45. The molecule has 1 amide bonds. The van der Waals surface area contributed by atoms with Crippen molar-refractivity contribution in [1.29, 1.82) is 0 Å². The van der Waals surface area contributed by atoms with Crippen molar-refractivity contribution in [3.63, 3.8) is 0 Å². The summed E-state index contributed by atoms with van der Waals surface area (Å²) in [5.74, 6) is 0.166. The van der Waals surface area contributed by atoms with Crippen molar-refractivity contribution in [3.8, 4) is 17.1 Å². The van der Waals surface area contributed by atoms with Crippen LogP contribution in [-0.4, -0.2) is 38.4 Å². The van der Waals surface area contributed by atoms with Gasteiger partial charge in [-0.25, -0.2) is 14.4 Å². The Balaban J connectivity index is 1.76. The molecule has 5 nitrogen and oxygen atoms in total. The van der Waals surface area contributed by atoms with E-state index < -0.39 is 0 Å². The van der Waals surface area contributed by atoms with Gasteiger partial charge in [-0.1, -0.05) is 24.3 Å². The molecule has 4 rings (SSSR count). The molecule has 0 unspecified atom stereocenters. The predicted molar refractivity (Wildman–Crippen MR) is 116 cm³/mol. The van der Waals surface area contributed by atoms with E-state index in [0.29, 0.717) is 35.7 Å². The molecule has 0 fully saturated rings. The molecule has 2 aromatic carbocycles. The maximum atomic E-state index is 14.1. The minimum absolute atomic E-state index is 0.00289. The lowest BCUT2D eigenvalue weighted by atomic mass is 10.1. The Kier molecular flexibility index (Phi) is 5.31. The summed E-state index contributed by atoms with van der Waals surface area (Å²) in [6.45, 7) is 7.27. The predicted octanol–water partition coefficient (Wildman–Crippen LogP) is 5.02. The molecular weight excluding hydrogens is 379 g/mol. The topological polar surface area (TPSA) is 51.0 Å². The Morgan fingerprint density at radius 1 is 1.07 bits per heavy atom. The van der Waals surface area contributed by atoms with Gasteiger partial charge in [-0.15, -0.1) is 0 Å². The number of aromatic nitrogens is 3. The number of rotatable bonds is 5. The van der Waals surface area contributed by atoms with E-state index in [-0.39, 0.29) is 11.7 Å². The van der Waals surface area contributed by atoms with Crippen LogP contribution in [0.25, 0.3) is 28.0 Å². The Hall–Kier alpha value is -3.54. The summed E-state index contributed by atoms with van der Waals surface area (Å²) in [5, 5.41) is 1.04. The van der Waals surface area contributed by atoms with E-state index in [9.17, 15) is 9.18 Å². The van der Waals surface area contributed by atoms with Crippen LogP contribution >= 0.6 is 0 Å². The number of hydrogen-bond donors (Lipinski definition) is 0. The molecule has 0 saturated heterocycles. The molecule has 4 aromatic rings. The van der Waals surface area contributed by atoms with Crippen LogP contribution in [0.3, 0.4) is 0 Å². The second-order valence-corrected chi connectivity index (χ2v) is 7.14. The Morgan fingerprint density at radius 3 is 2.43 bits per heavy atom. The van der Waals surface area contributed by atoms with Crippen LogP contribution in [0.4, 0.5) is 4.39 Å². The van der Waals surface area contributed by atoms with Gasteiger partial charge in [0.25, 0.3) is 5.91 Å². The SMILES string of the molecule is CCN(CC)C(=O)c1ccc2c(C)cn(-c3ncc(-c4ccccc4F)cn3)c2c1. The molecule has 2 heterocycles. The number of benzene rings is 2. The number of carbonyl (C=O) groups excluding carboxylic acids is 1. The van der Waals surface area contributed by atoms with Gasteiger partial charge < -0.3 is 4.90 Å². The van der Waals surface area contributed by atoms with Crippen molar-refractivity contribution in [2.75, 3.05) is 13.1 Å². The van der Waals surface area contributed by atoms with Crippen LogP contribution in [0, 0.1) is 12.7 Å². The number of hydrogen-bond acceptors (Lipinski definition) is 3. The highest BCUT2D eigenvalue weighted by Crippen LogP contribution is 2.26. The van der Waals surface area contributed by atoms with Gasteiger partial charge in [-0.2, -0.15) is 0 Å². The fourth-order valence-electron chi connectivity index (χ4n) is 3.67. The summed E-state index contributed by atoms with van der Waals surface area (Å²) in [5.41, 5.74) is 3.64. The van der Waals surface area contributed by atoms with E-state index in [1.807, 2.05) is 49.7 Å². The molecule has 6 heteroatoms.